The summed E-state index contributed by atoms with van der Waals surface area (Å²) in [6.45, 7) is 8.32. The average molecular weight is 252 g/mol. The third kappa shape index (κ3) is 3.24. The van der Waals surface area contributed by atoms with Crippen LogP contribution in [0.25, 0.3) is 0 Å². The molecule has 0 heterocycles. The van der Waals surface area contributed by atoms with Gasteiger partial charge in [-0.05, 0) is 18.4 Å². The fourth-order valence-electron chi connectivity index (χ4n) is 2.11. The Morgan fingerprint density at radius 3 is 2.33 bits per heavy atom. The largest absolute Gasteiger partial charge is 0.496 e. The fourth-order valence-corrected chi connectivity index (χ4v) is 2.11. The first-order chi connectivity index (χ1) is 8.31. The van der Waals surface area contributed by atoms with Crippen LogP contribution in [0.4, 0.5) is 0 Å². The molecular formula is C15H24O3. The Bertz CT molecular complexity index is 405. The minimum Gasteiger partial charge on any atom is -0.496 e. The van der Waals surface area contributed by atoms with Gasteiger partial charge in [0.05, 0.1) is 13.2 Å². The van der Waals surface area contributed by atoms with Crippen LogP contribution in [0.3, 0.4) is 0 Å². The van der Waals surface area contributed by atoms with Crippen molar-refractivity contribution < 1.29 is 14.9 Å². The second-order valence-corrected chi connectivity index (χ2v) is 5.71. The van der Waals surface area contributed by atoms with E-state index < -0.39 is 6.10 Å². The van der Waals surface area contributed by atoms with Gasteiger partial charge in [-0.3, -0.25) is 0 Å². The number of rotatable bonds is 4. The van der Waals surface area contributed by atoms with Crippen molar-refractivity contribution >= 4 is 0 Å². The molecule has 0 aromatic heterocycles. The summed E-state index contributed by atoms with van der Waals surface area (Å²) in [7, 11) is 1.62. The third-order valence-corrected chi connectivity index (χ3v) is 3.04. The van der Waals surface area contributed by atoms with Crippen LogP contribution in [-0.4, -0.2) is 23.9 Å². The molecule has 0 bridgehead atoms. The SMILES string of the molecule is COc1c(C(O)CCO)cc(C)cc1C(C)(C)C. The predicted octanol–water partition coefficient (Wildman–Crippen LogP) is 2.72. The van der Waals surface area contributed by atoms with Crippen molar-refractivity contribution in [1.82, 2.24) is 0 Å². The number of benzene rings is 1. The van der Waals surface area contributed by atoms with Gasteiger partial charge >= 0.3 is 0 Å². The summed E-state index contributed by atoms with van der Waals surface area (Å²) >= 11 is 0. The standard InChI is InChI=1S/C15H24O3/c1-10-8-11(13(17)6-7-16)14(18-5)12(9-10)15(2,3)4/h8-9,13,16-17H,6-7H2,1-5H3. The van der Waals surface area contributed by atoms with Crippen molar-refractivity contribution in [2.45, 2.75) is 45.6 Å². The first-order valence-electron chi connectivity index (χ1n) is 6.29. The maximum Gasteiger partial charge on any atom is 0.128 e. The summed E-state index contributed by atoms with van der Waals surface area (Å²) in [5.41, 5.74) is 2.88. The maximum atomic E-state index is 10.1. The topological polar surface area (TPSA) is 49.7 Å². The van der Waals surface area contributed by atoms with Gasteiger partial charge in [0.1, 0.15) is 5.75 Å². The fraction of sp³-hybridized carbons (Fsp3) is 0.600. The Morgan fingerprint density at radius 1 is 1.28 bits per heavy atom. The number of aliphatic hydroxyl groups is 2. The molecule has 0 aliphatic heterocycles. The molecule has 1 aromatic carbocycles. The Balaban J connectivity index is 3.38. The molecule has 1 aromatic rings. The molecule has 0 amide bonds. The van der Waals surface area contributed by atoms with Gasteiger partial charge in [0.15, 0.2) is 0 Å². The van der Waals surface area contributed by atoms with Gasteiger partial charge in [-0.15, -0.1) is 0 Å². The van der Waals surface area contributed by atoms with Crippen molar-refractivity contribution in [2.75, 3.05) is 13.7 Å². The summed E-state index contributed by atoms with van der Waals surface area (Å²) in [5, 5.41) is 19.1. The van der Waals surface area contributed by atoms with Crippen LogP contribution < -0.4 is 4.74 Å². The lowest BCUT2D eigenvalue weighted by molar-refractivity contribution is 0.131. The lowest BCUT2D eigenvalue weighted by atomic mass is 9.83. The van der Waals surface area contributed by atoms with Crippen LogP contribution in [-0.2, 0) is 5.41 Å². The number of ether oxygens (including phenoxy) is 1. The van der Waals surface area contributed by atoms with E-state index in [1.807, 2.05) is 13.0 Å². The molecule has 0 spiro atoms. The van der Waals surface area contributed by atoms with E-state index in [0.29, 0.717) is 6.42 Å². The smallest absolute Gasteiger partial charge is 0.128 e. The molecular weight excluding hydrogens is 228 g/mol. The molecule has 3 nitrogen and oxygen atoms in total. The number of hydrogen-bond acceptors (Lipinski definition) is 3. The quantitative estimate of drug-likeness (QED) is 0.866. The lowest BCUT2D eigenvalue weighted by Crippen LogP contribution is -2.15. The molecule has 0 radical (unpaired) electrons. The van der Waals surface area contributed by atoms with E-state index in [1.165, 1.54) is 0 Å². The van der Waals surface area contributed by atoms with Gasteiger partial charge in [-0.25, -0.2) is 0 Å². The van der Waals surface area contributed by atoms with Gasteiger partial charge < -0.3 is 14.9 Å². The zero-order valence-corrected chi connectivity index (χ0v) is 11.9. The van der Waals surface area contributed by atoms with Crippen LogP contribution in [0.15, 0.2) is 12.1 Å². The molecule has 3 heteroatoms. The highest BCUT2D eigenvalue weighted by Crippen LogP contribution is 2.38. The zero-order chi connectivity index (χ0) is 13.9. The summed E-state index contributed by atoms with van der Waals surface area (Å²) in [6.07, 6.45) is -0.366. The number of hydrogen-bond donors (Lipinski definition) is 2. The van der Waals surface area contributed by atoms with Gasteiger partial charge in [0.25, 0.3) is 0 Å². The molecule has 0 fully saturated rings. The maximum absolute atomic E-state index is 10.1. The first-order valence-corrected chi connectivity index (χ1v) is 6.29. The normalized spacial score (nSPS) is 13.5. The average Bonchev–Trinajstić information content (AvgIpc) is 2.27. The molecule has 0 saturated heterocycles. The first kappa shape index (κ1) is 15.0. The molecule has 1 atom stereocenters. The number of methoxy groups -OCH3 is 1. The Hall–Kier alpha value is -1.06. The highest BCUT2D eigenvalue weighted by atomic mass is 16.5. The highest BCUT2D eigenvalue weighted by molar-refractivity contribution is 5.48. The Kier molecular flexibility index (Phi) is 4.77. The third-order valence-electron chi connectivity index (χ3n) is 3.04. The molecule has 0 saturated carbocycles. The summed E-state index contributed by atoms with van der Waals surface area (Å²) in [5.74, 6) is 0.731. The Morgan fingerprint density at radius 2 is 1.89 bits per heavy atom. The Labute approximate surface area is 109 Å². The van der Waals surface area contributed by atoms with Gasteiger partial charge in [0, 0.05) is 24.2 Å². The monoisotopic (exact) mass is 252 g/mol. The van der Waals surface area contributed by atoms with E-state index in [1.54, 1.807) is 7.11 Å². The van der Waals surface area contributed by atoms with Crippen molar-refractivity contribution in [3.63, 3.8) is 0 Å². The van der Waals surface area contributed by atoms with E-state index in [0.717, 1.165) is 22.4 Å². The summed E-state index contributed by atoms with van der Waals surface area (Å²) < 4.78 is 5.48. The van der Waals surface area contributed by atoms with Gasteiger partial charge in [0.2, 0.25) is 0 Å². The molecule has 1 rings (SSSR count). The van der Waals surface area contributed by atoms with Crippen molar-refractivity contribution in [2.24, 2.45) is 0 Å². The van der Waals surface area contributed by atoms with Crippen molar-refractivity contribution in [3.05, 3.63) is 28.8 Å². The van der Waals surface area contributed by atoms with Gasteiger partial charge in [-0.1, -0.05) is 32.4 Å². The lowest BCUT2D eigenvalue weighted by Gasteiger charge is -2.26. The second kappa shape index (κ2) is 5.72. The van der Waals surface area contributed by atoms with Crippen molar-refractivity contribution in [3.8, 4) is 5.75 Å². The minimum absolute atomic E-state index is 0.0386. The van der Waals surface area contributed by atoms with Crippen LogP contribution in [0.2, 0.25) is 0 Å². The summed E-state index contributed by atoms with van der Waals surface area (Å²) in [6, 6.07) is 4.02. The van der Waals surface area contributed by atoms with Crippen LogP contribution in [0.5, 0.6) is 5.75 Å². The molecule has 0 aliphatic rings. The molecule has 1 unspecified atom stereocenters. The number of aliphatic hydroxyl groups excluding tert-OH is 2. The van der Waals surface area contributed by atoms with E-state index in [4.69, 9.17) is 9.84 Å². The van der Waals surface area contributed by atoms with E-state index >= 15 is 0 Å². The highest BCUT2D eigenvalue weighted by Gasteiger charge is 2.24. The zero-order valence-electron chi connectivity index (χ0n) is 11.9. The molecule has 18 heavy (non-hydrogen) atoms. The van der Waals surface area contributed by atoms with E-state index in [2.05, 4.69) is 26.8 Å². The molecule has 2 N–H and O–H groups in total. The second-order valence-electron chi connectivity index (χ2n) is 5.71. The minimum atomic E-state index is -0.689. The van der Waals surface area contributed by atoms with Crippen LogP contribution in [0.1, 0.15) is 50.0 Å². The van der Waals surface area contributed by atoms with E-state index in [9.17, 15) is 5.11 Å². The number of aryl methyl sites for hydroxylation is 1. The summed E-state index contributed by atoms with van der Waals surface area (Å²) in [4.78, 5) is 0. The predicted molar refractivity (Wildman–Crippen MR) is 73.1 cm³/mol. The van der Waals surface area contributed by atoms with E-state index in [-0.39, 0.29) is 12.0 Å². The molecule has 0 aliphatic carbocycles. The van der Waals surface area contributed by atoms with Gasteiger partial charge in [-0.2, -0.15) is 0 Å². The molecule has 102 valence electrons. The van der Waals surface area contributed by atoms with Crippen LogP contribution in [0, 0.1) is 6.92 Å². The van der Waals surface area contributed by atoms with Crippen LogP contribution >= 0.6 is 0 Å². The van der Waals surface area contributed by atoms with Crippen molar-refractivity contribution in [1.29, 1.82) is 0 Å².